The quantitative estimate of drug-likeness (QED) is 0.890. The molecular weight excluding hydrogens is 232 g/mol. The number of benzene rings is 1. The maximum Gasteiger partial charge on any atom is 0.239 e. The highest BCUT2D eigenvalue weighted by atomic mass is 32.2. The van der Waals surface area contributed by atoms with Crippen molar-refractivity contribution < 1.29 is 4.79 Å². The van der Waals surface area contributed by atoms with Gasteiger partial charge in [-0.15, -0.1) is 11.8 Å². The van der Waals surface area contributed by atoms with E-state index in [0.717, 1.165) is 12.0 Å². The van der Waals surface area contributed by atoms with Crippen LogP contribution in [-0.4, -0.2) is 30.7 Å². The van der Waals surface area contributed by atoms with E-state index in [1.807, 2.05) is 36.8 Å². The molecule has 1 atom stereocenters. The zero-order valence-electron chi connectivity index (χ0n) is 10.3. The molecule has 1 heterocycles. The summed E-state index contributed by atoms with van der Waals surface area (Å²) in [5, 5.41) is 0. The van der Waals surface area contributed by atoms with Gasteiger partial charge in [-0.1, -0.05) is 12.1 Å². The molecule has 0 saturated carbocycles. The molecule has 2 rings (SSSR count). The summed E-state index contributed by atoms with van der Waals surface area (Å²) in [4.78, 5) is 14.7. The van der Waals surface area contributed by atoms with Gasteiger partial charge >= 0.3 is 0 Å². The molecule has 0 bridgehead atoms. The standard InChI is InChI=1S/C13H18N2OS/c1-15(2)12(13(14)16)10-5-6-11-9(8-10)4-3-7-17-11/h5-6,8,12H,3-4,7H2,1-2H3,(H2,14,16). The smallest absolute Gasteiger partial charge is 0.239 e. The third kappa shape index (κ3) is 2.64. The zero-order valence-corrected chi connectivity index (χ0v) is 11.1. The third-order valence-electron chi connectivity index (χ3n) is 3.03. The minimum Gasteiger partial charge on any atom is -0.368 e. The van der Waals surface area contributed by atoms with Gasteiger partial charge in [0.1, 0.15) is 6.04 Å². The van der Waals surface area contributed by atoms with Gasteiger partial charge in [-0.25, -0.2) is 0 Å². The normalized spacial score (nSPS) is 16.6. The molecule has 0 saturated heterocycles. The van der Waals surface area contributed by atoms with Gasteiger partial charge in [0, 0.05) is 4.90 Å². The number of likely N-dealkylation sites (N-methyl/N-ethyl adjacent to an activating group) is 1. The summed E-state index contributed by atoms with van der Waals surface area (Å²) >= 11 is 1.90. The Kier molecular flexibility index (Phi) is 3.74. The summed E-state index contributed by atoms with van der Waals surface area (Å²) < 4.78 is 0. The molecule has 0 aromatic heterocycles. The predicted molar refractivity (Wildman–Crippen MR) is 71.1 cm³/mol. The van der Waals surface area contributed by atoms with E-state index in [2.05, 4.69) is 12.1 Å². The van der Waals surface area contributed by atoms with Gasteiger partial charge in [-0.3, -0.25) is 9.69 Å². The monoisotopic (exact) mass is 250 g/mol. The van der Waals surface area contributed by atoms with Crippen LogP contribution in [0.3, 0.4) is 0 Å². The first-order valence-corrected chi connectivity index (χ1v) is 6.79. The predicted octanol–water partition coefficient (Wildman–Crippen LogP) is 1.81. The minimum atomic E-state index is -0.327. The largest absolute Gasteiger partial charge is 0.368 e. The highest BCUT2D eigenvalue weighted by Crippen LogP contribution is 2.32. The van der Waals surface area contributed by atoms with Crippen LogP contribution in [0.2, 0.25) is 0 Å². The first-order chi connectivity index (χ1) is 8.09. The van der Waals surface area contributed by atoms with E-state index in [-0.39, 0.29) is 11.9 Å². The second-order valence-electron chi connectivity index (χ2n) is 4.59. The molecule has 1 unspecified atom stereocenters. The summed E-state index contributed by atoms with van der Waals surface area (Å²) in [6.45, 7) is 0. The van der Waals surface area contributed by atoms with Crippen molar-refractivity contribution in [2.75, 3.05) is 19.8 Å². The number of amides is 1. The summed E-state index contributed by atoms with van der Waals surface area (Å²) in [6, 6.07) is 5.95. The second kappa shape index (κ2) is 5.10. The Morgan fingerprint density at radius 2 is 2.24 bits per heavy atom. The van der Waals surface area contributed by atoms with Crippen molar-refractivity contribution in [1.29, 1.82) is 0 Å². The average molecular weight is 250 g/mol. The van der Waals surface area contributed by atoms with Crippen molar-refractivity contribution >= 4 is 17.7 Å². The molecule has 17 heavy (non-hydrogen) atoms. The minimum absolute atomic E-state index is 0.293. The topological polar surface area (TPSA) is 46.3 Å². The number of carbonyl (C=O) groups is 1. The number of carbonyl (C=O) groups excluding carboxylic acids is 1. The highest BCUT2D eigenvalue weighted by molar-refractivity contribution is 7.99. The van der Waals surface area contributed by atoms with Crippen LogP contribution in [0.25, 0.3) is 0 Å². The van der Waals surface area contributed by atoms with Gasteiger partial charge in [-0.2, -0.15) is 0 Å². The number of nitrogens with two attached hydrogens (primary N) is 1. The van der Waals surface area contributed by atoms with Crippen LogP contribution >= 0.6 is 11.8 Å². The van der Waals surface area contributed by atoms with E-state index >= 15 is 0 Å². The lowest BCUT2D eigenvalue weighted by Gasteiger charge is -2.23. The lowest BCUT2D eigenvalue weighted by Crippen LogP contribution is -2.32. The summed E-state index contributed by atoms with van der Waals surface area (Å²) in [5.74, 6) is 0.901. The van der Waals surface area contributed by atoms with Crippen molar-refractivity contribution in [2.45, 2.75) is 23.8 Å². The molecular formula is C13H18N2OS. The zero-order chi connectivity index (χ0) is 12.4. The van der Waals surface area contributed by atoms with Crippen LogP contribution in [0.15, 0.2) is 23.1 Å². The number of aryl methyl sites for hydroxylation is 1. The number of hydrogen-bond donors (Lipinski definition) is 1. The van der Waals surface area contributed by atoms with Crippen molar-refractivity contribution in [1.82, 2.24) is 4.90 Å². The number of hydrogen-bond acceptors (Lipinski definition) is 3. The van der Waals surface area contributed by atoms with Gasteiger partial charge in [0.2, 0.25) is 5.91 Å². The molecule has 0 spiro atoms. The van der Waals surface area contributed by atoms with Gasteiger partial charge in [0.05, 0.1) is 0 Å². The Bertz CT molecular complexity index is 431. The van der Waals surface area contributed by atoms with Crippen molar-refractivity contribution in [3.63, 3.8) is 0 Å². The summed E-state index contributed by atoms with van der Waals surface area (Å²) in [6.07, 6.45) is 2.32. The molecule has 4 heteroatoms. The first kappa shape index (κ1) is 12.5. The lowest BCUT2D eigenvalue weighted by molar-refractivity contribution is -0.122. The van der Waals surface area contributed by atoms with E-state index in [1.54, 1.807) is 0 Å². The fourth-order valence-corrected chi connectivity index (χ4v) is 3.29. The Morgan fingerprint density at radius 3 is 2.88 bits per heavy atom. The lowest BCUT2D eigenvalue weighted by atomic mass is 10.0. The van der Waals surface area contributed by atoms with Gasteiger partial charge in [-0.05, 0) is 49.9 Å². The molecule has 1 aliphatic heterocycles. The Hall–Kier alpha value is -1.00. The fourth-order valence-electron chi connectivity index (χ4n) is 2.27. The third-order valence-corrected chi connectivity index (χ3v) is 4.24. The second-order valence-corrected chi connectivity index (χ2v) is 5.72. The van der Waals surface area contributed by atoms with Crippen LogP contribution in [0.5, 0.6) is 0 Å². The van der Waals surface area contributed by atoms with Crippen LogP contribution in [0, 0.1) is 0 Å². The SMILES string of the molecule is CN(C)C(C(N)=O)c1ccc2c(c1)CCCS2. The maximum atomic E-state index is 11.5. The van der Waals surface area contributed by atoms with Crippen molar-refractivity contribution in [2.24, 2.45) is 5.73 Å². The number of thioether (sulfide) groups is 1. The van der Waals surface area contributed by atoms with Crippen LogP contribution in [0.4, 0.5) is 0 Å². The molecule has 0 aliphatic carbocycles. The molecule has 0 radical (unpaired) electrons. The number of nitrogens with zero attached hydrogens (tertiary/aromatic N) is 1. The Balaban J connectivity index is 2.35. The molecule has 1 aromatic carbocycles. The van der Waals surface area contributed by atoms with Crippen molar-refractivity contribution in [3.05, 3.63) is 29.3 Å². The summed E-state index contributed by atoms with van der Waals surface area (Å²) in [7, 11) is 3.76. The fraction of sp³-hybridized carbons (Fsp3) is 0.462. The van der Waals surface area contributed by atoms with Crippen LogP contribution < -0.4 is 5.73 Å². The Morgan fingerprint density at radius 1 is 1.47 bits per heavy atom. The Labute approximate surface area is 106 Å². The molecule has 0 fully saturated rings. The number of rotatable bonds is 3. The average Bonchev–Trinajstić information content (AvgIpc) is 2.28. The van der Waals surface area contributed by atoms with E-state index in [4.69, 9.17) is 5.73 Å². The van der Waals surface area contributed by atoms with Gasteiger partial charge < -0.3 is 5.73 Å². The van der Waals surface area contributed by atoms with Crippen LogP contribution in [0.1, 0.15) is 23.6 Å². The molecule has 2 N–H and O–H groups in total. The van der Waals surface area contributed by atoms with E-state index in [0.29, 0.717) is 0 Å². The molecule has 3 nitrogen and oxygen atoms in total. The molecule has 1 aromatic rings. The van der Waals surface area contributed by atoms with E-state index in [1.165, 1.54) is 22.6 Å². The summed E-state index contributed by atoms with van der Waals surface area (Å²) in [5.41, 5.74) is 7.82. The first-order valence-electron chi connectivity index (χ1n) is 5.81. The molecule has 1 aliphatic rings. The highest BCUT2D eigenvalue weighted by Gasteiger charge is 2.21. The molecule has 1 amide bonds. The number of primary amides is 1. The van der Waals surface area contributed by atoms with Crippen LogP contribution in [-0.2, 0) is 11.2 Å². The molecule has 92 valence electrons. The van der Waals surface area contributed by atoms with E-state index in [9.17, 15) is 4.79 Å². The van der Waals surface area contributed by atoms with E-state index < -0.39 is 0 Å². The van der Waals surface area contributed by atoms with Crippen molar-refractivity contribution in [3.8, 4) is 0 Å². The number of fused-ring (bicyclic) bond motifs is 1. The maximum absolute atomic E-state index is 11.5. The van der Waals surface area contributed by atoms with Gasteiger partial charge in [0.15, 0.2) is 0 Å². The van der Waals surface area contributed by atoms with Gasteiger partial charge in [0.25, 0.3) is 0 Å².